The van der Waals surface area contributed by atoms with E-state index in [4.69, 9.17) is 9.15 Å². The predicted octanol–water partition coefficient (Wildman–Crippen LogP) is 4.14. The van der Waals surface area contributed by atoms with Crippen molar-refractivity contribution in [3.63, 3.8) is 0 Å². The second-order valence-electron chi connectivity index (χ2n) is 7.39. The van der Waals surface area contributed by atoms with Gasteiger partial charge in [0.05, 0.1) is 17.8 Å². The molecule has 1 saturated heterocycles. The number of fused-ring (bicyclic) bond motifs is 1. The summed E-state index contributed by atoms with van der Waals surface area (Å²) >= 11 is 0. The quantitative estimate of drug-likeness (QED) is 0.605. The zero-order valence-corrected chi connectivity index (χ0v) is 16.7. The second-order valence-corrected chi connectivity index (χ2v) is 8.78. The van der Waals surface area contributed by atoms with Gasteiger partial charge in [0.25, 0.3) is 10.1 Å². The minimum atomic E-state index is -4.31. The highest BCUT2D eigenvalue weighted by Gasteiger charge is 2.28. The average Bonchev–Trinajstić information content (AvgIpc) is 3.12. The van der Waals surface area contributed by atoms with Crippen LogP contribution in [0.1, 0.15) is 35.4 Å². The Balaban J connectivity index is 1.50. The van der Waals surface area contributed by atoms with E-state index in [1.54, 1.807) is 24.3 Å². The average molecular weight is 419 g/mol. The summed E-state index contributed by atoms with van der Waals surface area (Å²) in [7, 11) is -4.31. The summed E-state index contributed by atoms with van der Waals surface area (Å²) in [5.41, 5.74) is 2.42. The number of halogens is 1. The van der Waals surface area contributed by atoms with E-state index in [9.17, 15) is 17.4 Å². The largest absolute Gasteiger partial charge is 0.464 e. The lowest BCUT2D eigenvalue weighted by atomic mass is 9.88. The van der Waals surface area contributed by atoms with Crippen LogP contribution in [0.4, 0.5) is 4.39 Å². The molecule has 2 heterocycles. The lowest BCUT2D eigenvalue weighted by molar-refractivity contribution is -0.00532. The van der Waals surface area contributed by atoms with Crippen molar-refractivity contribution in [1.82, 2.24) is 5.32 Å². The number of hydrogen-bond acceptors (Lipinski definition) is 5. The number of rotatable bonds is 5. The van der Waals surface area contributed by atoms with E-state index in [-0.39, 0.29) is 23.6 Å². The Bertz CT molecular complexity index is 1140. The van der Waals surface area contributed by atoms with Crippen molar-refractivity contribution in [3.05, 3.63) is 65.2 Å². The molecule has 0 aliphatic carbocycles. The number of ether oxygens (including phenoxy) is 1. The van der Waals surface area contributed by atoms with Crippen molar-refractivity contribution in [2.45, 2.75) is 43.4 Å². The van der Waals surface area contributed by atoms with Crippen LogP contribution >= 0.6 is 0 Å². The van der Waals surface area contributed by atoms with E-state index >= 15 is 0 Å². The molecular weight excluding hydrogens is 397 g/mol. The maximum absolute atomic E-state index is 14.3. The summed E-state index contributed by atoms with van der Waals surface area (Å²) in [6.07, 6.45) is 2.38. The Hall–Kier alpha value is -2.26. The van der Waals surface area contributed by atoms with Gasteiger partial charge in [-0.05, 0) is 56.0 Å². The Morgan fingerprint density at radius 1 is 1.28 bits per heavy atom. The summed E-state index contributed by atoms with van der Waals surface area (Å²) in [6, 6.07) is 9.70. The van der Waals surface area contributed by atoms with Gasteiger partial charge in [0, 0.05) is 17.0 Å². The van der Waals surface area contributed by atoms with E-state index < -0.39 is 15.9 Å². The van der Waals surface area contributed by atoms with Gasteiger partial charge in [0.15, 0.2) is 0 Å². The molecule has 1 aromatic heterocycles. The molecule has 0 bridgehead atoms. The molecular formula is C21H22FNO5S. The molecule has 0 amide bonds. The van der Waals surface area contributed by atoms with Gasteiger partial charge in [-0.25, -0.2) is 4.39 Å². The van der Waals surface area contributed by atoms with E-state index in [2.05, 4.69) is 5.32 Å². The standard InChI is InChI=1S/C21H22FNO5S/c1-13-2-3-20(29(24,25)26)17(8-13)14-4-6-23-21(10-14)28-12-16-9-15-5-7-27-19(15)11-18(16)22/h2-3,5,7-9,11,14,21,23H,4,6,10,12H2,1H3,(H,24,25,26). The Morgan fingerprint density at radius 3 is 2.90 bits per heavy atom. The maximum Gasteiger partial charge on any atom is 0.294 e. The summed E-state index contributed by atoms with van der Waals surface area (Å²) in [5.74, 6) is -0.494. The second kappa shape index (κ2) is 7.87. The summed E-state index contributed by atoms with van der Waals surface area (Å²) < 4.78 is 58.5. The van der Waals surface area contributed by atoms with Gasteiger partial charge in [-0.2, -0.15) is 8.42 Å². The van der Waals surface area contributed by atoms with Gasteiger partial charge in [0.1, 0.15) is 17.6 Å². The first-order valence-electron chi connectivity index (χ1n) is 9.40. The SMILES string of the molecule is Cc1ccc(S(=O)(=O)O)c(C2CCNC(OCc3cc4ccoc4cc3F)C2)c1. The molecule has 4 rings (SSSR count). The minimum Gasteiger partial charge on any atom is -0.464 e. The highest BCUT2D eigenvalue weighted by atomic mass is 32.2. The monoisotopic (exact) mass is 419 g/mol. The van der Waals surface area contributed by atoms with Crippen LogP contribution in [0.5, 0.6) is 0 Å². The molecule has 29 heavy (non-hydrogen) atoms. The van der Waals surface area contributed by atoms with Crippen molar-refractivity contribution in [3.8, 4) is 0 Å². The molecule has 154 valence electrons. The smallest absolute Gasteiger partial charge is 0.294 e. The van der Waals surface area contributed by atoms with E-state index in [0.29, 0.717) is 36.1 Å². The number of hydrogen-bond donors (Lipinski definition) is 2. The van der Waals surface area contributed by atoms with Crippen LogP contribution in [0.3, 0.4) is 0 Å². The van der Waals surface area contributed by atoms with Crippen molar-refractivity contribution in [2.24, 2.45) is 0 Å². The van der Waals surface area contributed by atoms with Crippen molar-refractivity contribution in [1.29, 1.82) is 0 Å². The van der Waals surface area contributed by atoms with Crippen LogP contribution < -0.4 is 5.32 Å². The molecule has 2 unspecified atom stereocenters. The molecule has 6 nitrogen and oxygen atoms in total. The normalized spacial score (nSPS) is 20.2. The van der Waals surface area contributed by atoms with Gasteiger partial charge in [-0.3, -0.25) is 9.87 Å². The molecule has 0 radical (unpaired) electrons. The van der Waals surface area contributed by atoms with Crippen molar-refractivity contribution in [2.75, 3.05) is 6.54 Å². The van der Waals surface area contributed by atoms with Crippen LogP contribution in [0.25, 0.3) is 11.0 Å². The summed E-state index contributed by atoms with van der Waals surface area (Å²) in [6.45, 7) is 2.58. The first-order valence-corrected chi connectivity index (χ1v) is 10.8. The third-order valence-electron chi connectivity index (χ3n) is 5.31. The van der Waals surface area contributed by atoms with Gasteiger partial charge >= 0.3 is 0 Å². The lowest BCUT2D eigenvalue weighted by Gasteiger charge is -2.31. The summed E-state index contributed by atoms with van der Waals surface area (Å²) in [4.78, 5) is -0.0646. The number of benzene rings is 2. The Labute approximate surface area is 168 Å². The lowest BCUT2D eigenvalue weighted by Crippen LogP contribution is -2.39. The number of aryl methyl sites for hydroxylation is 1. The molecule has 2 N–H and O–H groups in total. The molecule has 1 aliphatic heterocycles. The van der Waals surface area contributed by atoms with Gasteiger partial charge < -0.3 is 9.15 Å². The highest BCUT2D eigenvalue weighted by Crippen LogP contribution is 2.33. The topological polar surface area (TPSA) is 88.8 Å². The fraction of sp³-hybridized carbons (Fsp3) is 0.333. The molecule has 1 aliphatic rings. The number of piperidine rings is 1. The third kappa shape index (κ3) is 4.35. The first kappa shape index (κ1) is 20.0. The van der Waals surface area contributed by atoms with E-state index in [1.807, 2.05) is 6.92 Å². The third-order valence-corrected chi connectivity index (χ3v) is 6.24. The highest BCUT2D eigenvalue weighted by molar-refractivity contribution is 7.85. The molecule has 0 spiro atoms. The molecule has 2 aromatic carbocycles. The molecule has 2 atom stereocenters. The van der Waals surface area contributed by atoms with Crippen molar-refractivity contribution >= 4 is 21.1 Å². The van der Waals surface area contributed by atoms with E-state index in [0.717, 1.165) is 10.9 Å². The first-order chi connectivity index (χ1) is 13.8. The van der Waals surface area contributed by atoms with Gasteiger partial charge in [0.2, 0.25) is 0 Å². The number of furan rings is 1. The Morgan fingerprint density at radius 2 is 2.10 bits per heavy atom. The summed E-state index contributed by atoms with van der Waals surface area (Å²) in [5, 5.41) is 4.04. The van der Waals surface area contributed by atoms with Crippen LogP contribution in [0, 0.1) is 12.7 Å². The van der Waals surface area contributed by atoms with Gasteiger partial charge in [-0.15, -0.1) is 0 Å². The fourth-order valence-corrected chi connectivity index (χ4v) is 4.61. The number of nitrogens with one attached hydrogen (secondary N) is 1. The zero-order chi connectivity index (χ0) is 20.6. The molecule has 1 fully saturated rings. The molecule has 0 saturated carbocycles. The molecule has 3 aromatic rings. The van der Waals surface area contributed by atoms with E-state index in [1.165, 1.54) is 18.4 Å². The Kier molecular flexibility index (Phi) is 5.44. The van der Waals surface area contributed by atoms with Crippen LogP contribution in [0.15, 0.2) is 52.0 Å². The van der Waals surface area contributed by atoms with Crippen LogP contribution in [-0.2, 0) is 21.5 Å². The fourth-order valence-electron chi connectivity index (χ4n) is 3.84. The molecule has 8 heteroatoms. The zero-order valence-electron chi connectivity index (χ0n) is 15.9. The predicted molar refractivity (Wildman–Crippen MR) is 106 cm³/mol. The van der Waals surface area contributed by atoms with Crippen LogP contribution in [-0.4, -0.2) is 25.7 Å². The maximum atomic E-state index is 14.3. The minimum absolute atomic E-state index is 0.0646. The van der Waals surface area contributed by atoms with Crippen LogP contribution in [0.2, 0.25) is 0 Å². The van der Waals surface area contributed by atoms with Gasteiger partial charge in [-0.1, -0.05) is 17.7 Å². The van der Waals surface area contributed by atoms with Crippen molar-refractivity contribution < 1.29 is 26.5 Å².